The standard InChI is InChI=1S/C9H17N3O2/c1-7-10-8(14-11-7)5-12(4)9(2,3)6-13/h13H,5-6H2,1-4H3. The average molecular weight is 199 g/mol. The number of aliphatic hydroxyl groups excluding tert-OH is 1. The summed E-state index contributed by atoms with van der Waals surface area (Å²) in [5, 5.41) is 12.8. The summed E-state index contributed by atoms with van der Waals surface area (Å²) >= 11 is 0. The SMILES string of the molecule is Cc1noc(CN(C)C(C)(C)CO)n1. The summed E-state index contributed by atoms with van der Waals surface area (Å²) in [7, 11) is 1.91. The molecule has 5 heteroatoms. The summed E-state index contributed by atoms with van der Waals surface area (Å²) in [6.07, 6.45) is 0. The Morgan fingerprint density at radius 1 is 1.50 bits per heavy atom. The van der Waals surface area contributed by atoms with Crippen molar-refractivity contribution >= 4 is 0 Å². The van der Waals surface area contributed by atoms with Gasteiger partial charge in [-0.25, -0.2) is 0 Å². The van der Waals surface area contributed by atoms with Crippen molar-refractivity contribution in [3.8, 4) is 0 Å². The van der Waals surface area contributed by atoms with E-state index in [-0.39, 0.29) is 12.1 Å². The molecule has 0 radical (unpaired) electrons. The van der Waals surface area contributed by atoms with Crippen LogP contribution in [0.3, 0.4) is 0 Å². The van der Waals surface area contributed by atoms with Gasteiger partial charge in [0.15, 0.2) is 5.82 Å². The lowest BCUT2D eigenvalue weighted by Crippen LogP contribution is -2.43. The van der Waals surface area contributed by atoms with E-state index < -0.39 is 0 Å². The lowest BCUT2D eigenvalue weighted by molar-refractivity contribution is 0.0652. The van der Waals surface area contributed by atoms with Gasteiger partial charge in [0, 0.05) is 5.54 Å². The fourth-order valence-corrected chi connectivity index (χ4v) is 0.942. The molecule has 0 saturated carbocycles. The van der Waals surface area contributed by atoms with Gasteiger partial charge in [-0.15, -0.1) is 0 Å². The molecule has 1 aromatic rings. The first kappa shape index (κ1) is 11.1. The molecule has 0 fully saturated rings. The second-order valence-corrected chi connectivity index (χ2v) is 4.06. The van der Waals surface area contributed by atoms with E-state index in [0.29, 0.717) is 18.3 Å². The minimum atomic E-state index is -0.275. The maximum atomic E-state index is 9.14. The maximum absolute atomic E-state index is 9.14. The van der Waals surface area contributed by atoms with Crippen molar-refractivity contribution in [1.29, 1.82) is 0 Å². The normalized spacial score (nSPS) is 12.4. The topological polar surface area (TPSA) is 62.4 Å². The first-order valence-electron chi connectivity index (χ1n) is 4.57. The summed E-state index contributed by atoms with van der Waals surface area (Å²) in [4.78, 5) is 6.07. The van der Waals surface area contributed by atoms with E-state index in [1.807, 2.05) is 25.8 Å². The highest BCUT2D eigenvalue weighted by molar-refractivity contribution is 4.86. The van der Waals surface area contributed by atoms with Crippen LogP contribution in [0.25, 0.3) is 0 Å². The fraction of sp³-hybridized carbons (Fsp3) is 0.778. The van der Waals surface area contributed by atoms with Crippen LogP contribution in [0, 0.1) is 6.92 Å². The van der Waals surface area contributed by atoms with Crippen LogP contribution in [0.15, 0.2) is 4.52 Å². The van der Waals surface area contributed by atoms with Gasteiger partial charge in [0.05, 0.1) is 13.2 Å². The van der Waals surface area contributed by atoms with E-state index in [1.165, 1.54) is 0 Å². The van der Waals surface area contributed by atoms with Gasteiger partial charge in [0.25, 0.3) is 0 Å². The molecular weight excluding hydrogens is 182 g/mol. The molecule has 0 bridgehead atoms. The number of aliphatic hydroxyl groups is 1. The van der Waals surface area contributed by atoms with Crippen LogP contribution in [0.1, 0.15) is 25.6 Å². The number of rotatable bonds is 4. The Labute approximate surface area is 83.7 Å². The third kappa shape index (κ3) is 2.52. The predicted molar refractivity (Wildman–Crippen MR) is 51.7 cm³/mol. The van der Waals surface area contributed by atoms with Gasteiger partial charge >= 0.3 is 0 Å². The molecule has 0 saturated heterocycles. The van der Waals surface area contributed by atoms with Crippen LogP contribution < -0.4 is 0 Å². The molecule has 0 aliphatic carbocycles. The maximum Gasteiger partial charge on any atom is 0.240 e. The van der Waals surface area contributed by atoms with Crippen molar-refractivity contribution in [2.24, 2.45) is 0 Å². The van der Waals surface area contributed by atoms with Crippen LogP contribution >= 0.6 is 0 Å². The average Bonchev–Trinajstić information content (AvgIpc) is 2.51. The minimum Gasteiger partial charge on any atom is -0.394 e. The molecule has 14 heavy (non-hydrogen) atoms. The third-order valence-corrected chi connectivity index (χ3v) is 2.36. The Kier molecular flexibility index (Phi) is 3.23. The molecular formula is C9H17N3O2. The van der Waals surface area contributed by atoms with Crippen molar-refractivity contribution in [2.45, 2.75) is 32.9 Å². The lowest BCUT2D eigenvalue weighted by Gasteiger charge is -2.32. The largest absolute Gasteiger partial charge is 0.394 e. The number of aryl methyl sites for hydroxylation is 1. The second-order valence-electron chi connectivity index (χ2n) is 4.06. The molecule has 0 aliphatic rings. The molecule has 0 atom stereocenters. The van der Waals surface area contributed by atoms with E-state index >= 15 is 0 Å². The highest BCUT2D eigenvalue weighted by atomic mass is 16.5. The molecule has 0 spiro atoms. The highest BCUT2D eigenvalue weighted by Gasteiger charge is 2.23. The monoisotopic (exact) mass is 199 g/mol. The van der Waals surface area contributed by atoms with Gasteiger partial charge in [0.2, 0.25) is 5.89 Å². The Hall–Kier alpha value is -0.940. The van der Waals surface area contributed by atoms with E-state index in [0.717, 1.165) is 0 Å². The second kappa shape index (κ2) is 4.06. The fourth-order valence-electron chi connectivity index (χ4n) is 0.942. The summed E-state index contributed by atoms with van der Waals surface area (Å²) in [5.74, 6) is 1.21. The zero-order valence-electron chi connectivity index (χ0n) is 9.11. The van der Waals surface area contributed by atoms with Gasteiger partial charge in [-0.1, -0.05) is 5.16 Å². The molecule has 5 nitrogen and oxygen atoms in total. The van der Waals surface area contributed by atoms with Crippen LogP contribution in [0.4, 0.5) is 0 Å². The van der Waals surface area contributed by atoms with Crippen molar-refractivity contribution in [3.05, 3.63) is 11.7 Å². The predicted octanol–water partition coefficient (Wildman–Crippen LogP) is 0.581. The van der Waals surface area contributed by atoms with Crippen molar-refractivity contribution in [3.63, 3.8) is 0 Å². The molecule has 0 amide bonds. The van der Waals surface area contributed by atoms with Crippen LogP contribution in [0.5, 0.6) is 0 Å². The first-order valence-corrected chi connectivity index (χ1v) is 4.57. The van der Waals surface area contributed by atoms with E-state index in [1.54, 1.807) is 6.92 Å². The van der Waals surface area contributed by atoms with E-state index in [4.69, 9.17) is 9.63 Å². The Balaban J connectivity index is 2.61. The molecule has 0 aromatic carbocycles. The molecule has 1 rings (SSSR count). The van der Waals surface area contributed by atoms with E-state index in [9.17, 15) is 0 Å². The van der Waals surface area contributed by atoms with Gasteiger partial charge in [-0.05, 0) is 27.8 Å². The smallest absolute Gasteiger partial charge is 0.240 e. The van der Waals surface area contributed by atoms with Crippen LogP contribution in [-0.2, 0) is 6.54 Å². The number of hydrogen-bond donors (Lipinski definition) is 1. The number of aromatic nitrogens is 2. The molecule has 0 aliphatic heterocycles. The van der Waals surface area contributed by atoms with Crippen LogP contribution in [-0.4, -0.2) is 39.3 Å². The van der Waals surface area contributed by atoms with E-state index in [2.05, 4.69) is 10.1 Å². The van der Waals surface area contributed by atoms with Gasteiger partial charge < -0.3 is 9.63 Å². The minimum absolute atomic E-state index is 0.0939. The lowest BCUT2D eigenvalue weighted by atomic mass is 10.1. The Bertz CT molecular complexity index is 296. The summed E-state index contributed by atoms with van der Waals surface area (Å²) in [5.41, 5.74) is -0.275. The third-order valence-electron chi connectivity index (χ3n) is 2.36. The number of likely N-dealkylation sites (N-methyl/N-ethyl adjacent to an activating group) is 1. The molecule has 0 unspecified atom stereocenters. The Morgan fingerprint density at radius 2 is 2.14 bits per heavy atom. The van der Waals surface area contributed by atoms with Gasteiger partial charge in [-0.3, -0.25) is 4.90 Å². The summed E-state index contributed by atoms with van der Waals surface area (Å²) < 4.78 is 4.99. The van der Waals surface area contributed by atoms with Gasteiger partial charge in [0.1, 0.15) is 0 Å². The number of nitrogens with zero attached hydrogens (tertiary/aromatic N) is 3. The summed E-state index contributed by atoms with van der Waals surface area (Å²) in [6, 6.07) is 0. The zero-order valence-corrected chi connectivity index (χ0v) is 9.11. The molecule has 1 heterocycles. The zero-order chi connectivity index (χ0) is 10.8. The van der Waals surface area contributed by atoms with Crippen molar-refractivity contribution in [1.82, 2.24) is 15.0 Å². The van der Waals surface area contributed by atoms with Crippen molar-refractivity contribution < 1.29 is 9.63 Å². The van der Waals surface area contributed by atoms with Crippen molar-refractivity contribution in [2.75, 3.05) is 13.7 Å². The highest BCUT2D eigenvalue weighted by Crippen LogP contribution is 2.13. The quantitative estimate of drug-likeness (QED) is 0.768. The van der Waals surface area contributed by atoms with Crippen LogP contribution in [0.2, 0.25) is 0 Å². The first-order chi connectivity index (χ1) is 6.45. The molecule has 1 aromatic heterocycles. The number of hydrogen-bond acceptors (Lipinski definition) is 5. The van der Waals surface area contributed by atoms with Gasteiger partial charge in [-0.2, -0.15) is 4.98 Å². The Morgan fingerprint density at radius 3 is 2.57 bits per heavy atom. The summed E-state index contributed by atoms with van der Waals surface area (Å²) in [6.45, 7) is 6.33. The molecule has 1 N–H and O–H groups in total. The molecule has 80 valence electrons.